The van der Waals surface area contributed by atoms with Crippen LogP contribution in [-0.4, -0.2) is 19.4 Å². The summed E-state index contributed by atoms with van der Waals surface area (Å²) in [7, 11) is 1.95. The first-order valence-electron chi connectivity index (χ1n) is 10.4. The fraction of sp³-hybridized carbons (Fsp3) is 0.192. The van der Waals surface area contributed by atoms with Crippen molar-refractivity contribution >= 4 is 55.4 Å². The molecule has 168 valence electrons. The third-order valence-electron chi connectivity index (χ3n) is 5.74. The summed E-state index contributed by atoms with van der Waals surface area (Å²) in [5, 5.41) is 1.41. The molecule has 4 aromatic rings. The summed E-state index contributed by atoms with van der Waals surface area (Å²) < 4.78 is 11.7. The van der Waals surface area contributed by atoms with Crippen molar-refractivity contribution in [1.29, 1.82) is 0 Å². The van der Waals surface area contributed by atoms with Crippen molar-refractivity contribution in [3.8, 4) is 0 Å². The minimum absolute atomic E-state index is 0.0614. The van der Waals surface area contributed by atoms with Crippen molar-refractivity contribution in [2.45, 2.75) is 20.8 Å². The van der Waals surface area contributed by atoms with Gasteiger partial charge in [0, 0.05) is 40.6 Å². The quantitative estimate of drug-likeness (QED) is 0.198. The van der Waals surface area contributed by atoms with Crippen LogP contribution in [-0.2, 0) is 0 Å². The maximum Gasteiger partial charge on any atom is 0.347 e. The molecule has 0 saturated heterocycles. The van der Waals surface area contributed by atoms with E-state index < -0.39 is 17.0 Å². The minimum Gasteiger partial charge on any atom is -0.422 e. The number of carbonyl (C=O) groups excluding carboxylic acids is 1. The number of rotatable bonds is 5. The topological polar surface area (TPSA) is 80.7 Å². The second kappa shape index (κ2) is 8.83. The molecule has 0 N–H and O–H groups in total. The summed E-state index contributed by atoms with van der Waals surface area (Å²) >= 11 is 3.44. The van der Waals surface area contributed by atoms with Crippen molar-refractivity contribution < 1.29 is 13.6 Å². The molecule has 0 amide bonds. The second-order valence-electron chi connectivity index (χ2n) is 7.91. The number of halogens is 1. The first-order chi connectivity index (χ1) is 15.7. The summed E-state index contributed by atoms with van der Waals surface area (Å²) in [5.41, 5.74) is 2.05. The van der Waals surface area contributed by atoms with Crippen molar-refractivity contribution in [2.24, 2.45) is 0 Å². The van der Waals surface area contributed by atoms with Gasteiger partial charge < -0.3 is 13.7 Å². The SMILES string of the molecule is CCN(C)c1ccc2cc(/C=C/C(=O)c3c(C)c4cc(Br)cc(C)c4oc3=O)c(=O)oc2c1. The summed E-state index contributed by atoms with van der Waals surface area (Å²) in [5.74, 6) is -0.541. The Hall–Kier alpha value is -3.45. The fourth-order valence-corrected chi connectivity index (χ4v) is 4.33. The van der Waals surface area contributed by atoms with Gasteiger partial charge in [-0.3, -0.25) is 4.79 Å². The van der Waals surface area contributed by atoms with Gasteiger partial charge in [-0.1, -0.05) is 15.9 Å². The molecule has 0 aliphatic heterocycles. The van der Waals surface area contributed by atoms with Crippen LogP contribution in [0.4, 0.5) is 5.69 Å². The Kier molecular flexibility index (Phi) is 6.08. The largest absolute Gasteiger partial charge is 0.422 e. The molecule has 0 saturated carbocycles. The van der Waals surface area contributed by atoms with E-state index in [2.05, 4.69) is 15.9 Å². The third kappa shape index (κ3) is 4.28. The van der Waals surface area contributed by atoms with Crippen LogP contribution in [0.5, 0.6) is 0 Å². The molecule has 0 spiro atoms. The lowest BCUT2D eigenvalue weighted by molar-refractivity contribution is 0.104. The summed E-state index contributed by atoms with van der Waals surface area (Å²) in [4.78, 5) is 40.0. The van der Waals surface area contributed by atoms with Crippen LogP contribution in [0.25, 0.3) is 28.0 Å². The highest BCUT2D eigenvalue weighted by molar-refractivity contribution is 9.10. The fourth-order valence-electron chi connectivity index (χ4n) is 3.76. The number of fused-ring (bicyclic) bond motifs is 2. The van der Waals surface area contributed by atoms with Gasteiger partial charge in [-0.25, -0.2) is 9.59 Å². The van der Waals surface area contributed by atoms with Gasteiger partial charge in [0.15, 0.2) is 5.78 Å². The molecule has 2 heterocycles. The van der Waals surface area contributed by atoms with E-state index in [1.807, 2.05) is 56.1 Å². The molecule has 0 aliphatic carbocycles. The minimum atomic E-state index is -0.710. The first-order valence-corrected chi connectivity index (χ1v) is 11.2. The Balaban J connectivity index is 1.73. The number of hydrogen-bond acceptors (Lipinski definition) is 6. The standard InChI is InChI=1S/C26H22BrNO5/c1-5-28(4)19-8-6-16-11-17(25(30)32-22(16)13-19)7-9-21(29)23-15(3)20-12-18(27)10-14(2)24(20)33-26(23)31/h6-13H,5H2,1-4H3/b9-7+. The molecular weight excluding hydrogens is 486 g/mol. The molecule has 2 aromatic heterocycles. The monoisotopic (exact) mass is 507 g/mol. The van der Waals surface area contributed by atoms with E-state index in [1.54, 1.807) is 13.0 Å². The zero-order chi connectivity index (χ0) is 23.9. The van der Waals surface area contributed by atoms with Gasteiger partial charge in [0.05, 0.1) is 5.56 Å². The zero-order valence-electron chi connectivity index (χ0n) is 18.7. The number of nitrogens with zero attached hydrogens (tertiary/aromatic N) is 1. The number of aryl methyl sites for hydroxylation is 2. The zero-order valence-corrected chi connectivity index (χ0v) is 20.3. The highest BCUT2D eigenvalue weighted by atomic mass is 79.9. The van der Waals surface area contributed by atoms with E-state index in [1.165, 1.54) is 12.2 Å². The molecule has 0 fully saturated rings. The van der Waals surface area contributed by atoms with Crippen LogP contribution in [0.3, 0.4) is 0 Å². The van der Waals surface area contributed by atoms with Gasteiger partial charge in [0.2, 0.25) is 0 Å². The van der Waals surface area contributed by atoms with Crippen molar-refractivity contribution in [1.82, 2.24) is 0 Å². The Morgan fingerprint density at radius 3 is 2.55 bits per heavy atom. The average molecular weight is 508 g/mol. The molecule has 0 unspecified atom stereocenters. The van der Waals surface area contributed by atoms with Crippen LogP contribution in [0.2, 0.25) is 0 Å². The number of ketones is 1. The molecule has 2 aromatic carbocycles. The number of carbonyl (C=O) groups is 1. The predicted octanol–water partition coefficient (Wildman–Crippen LogP) is 5.63. The Bertz CT molecular complexity index is 1560. The molecular formula is C26H22BrNO5. The molecule has 33 heavy (non-hydrogen) atoms. The Morgan fingerprint density at radius 2 is 1.82 bits per heavy atom. The highest BCUT2D eigenvalue weighted by Gasteiger charge is 2.18. The van der Waals surface area contributed by atoms with Gasteiger partial charge in [0.25, 0.3) is 0 Å². The van der Waals surface area contributed by atoms with Gasteiger partial charge in [0.1, 0.15) is 16.7 Å². The lowest BCUT2D eigenvalue weighted by Crippen LogP contribution is -2.16. The molecule has 0 bridgehead atoms. The van der Waals surface area contributed by atoms with E-state index in [9.17, 15) is 14.4 Å². The maximum absolute atomic E-state index is 12.9. The van der Waals surface area contributed by atoms with Crippen LogP contribution in [0, 0.1) is 13.8 Å². The van der Waals surface area contributed by atoms with E-state index in [-0.39, 0.29) is 11.1 Å². The molecule has 0 atom stereocenters. The first kappa shape index (κ1) is 22.7. The van der Waals surface area contributed by atoms with E-state index in [4.69, 9.17) is 8.83 Å². The van der Waals surface area contributed by atoms with Gasteiger partial charge in [-0.2, -0.15) is 0 Å². The predicted molar refractivity (Wildman–Crippen MR) is 134 cm³/mol. The summed E-state index contributed by atoms with van der Waals surface area (Å²) in [6, 6.07) is 10.9. The van der Waals surface area contributed by atoms with Crippen LogP contribution < -0.4 is 16.2 Å². The smallest absolute Gasteiger partial charge is 0.347 e. The van der Waals surface area contributed by atoms with E-state index in [0.29, 0.717) is 22.1 Å². The number of anilines is 1. The Labute approximate surface area is 198 Å². The average Bonchev–Trinajstić information content (AvgIpc) is 2.77. The summed E-state index contributed by atoms with van der Waals surface area (Å²) in [6.45, 7) is 6.39. The van der Waals surface area contributed by atoms with Crippen molar-refractivity contribution in [2.75, 3.05) is 18.5 Å². The lowest BCUT2D eigenvalue weighted by atomic mass is 10.0. The van der Waals surface area contributed by atoms with Crippen LogP contribution in [0.15, 0.2) is 65.4 Å². The highest BCUT2D eigenvalue weighted by Crippen LogP contribution is 2.27. The van der Waals surface area contributed by atoms with Crippen molar-refractivity contribution in [3.05, 3.63) is 90.0 Å². The normalized spacial score (nSPS) is 11.5. The molecule has 7 heteroatoms. The van der Waals surface area contributed by atoms with E-state index >= 15 is 0 Å². The van der Waals surface area contributed by atoms with Crippen molar-refractivity contribution in [3.63, 3.8) is 0 Å². The Morgan fingerprint density at radius 1 is 1.06 bits per heavy atom. The summed E-state index contributed by atoms with van der Waals surface area (Å²) in [6.07, 6.45) is 2.57. The number of allylic oxidation sites excluding steroid dienone is 1. The maximum atomic E-state index is 12.9. The molecule has 0 aliphatic rings. The molecule has 6 nitrogen and oxygen atoms in total. The number of hydrogen-bond donors (Lipinski definition) is 0. The third-order valence-corrected chi connectivity index (χ3v) is 6.20. The van der Waals surface area contributed by atoms with Gasteiger partial charge in [-0.05, 0) is 74.4 Å². The van der Waals surface area contributed by atoms with Crippen LogP contribution in [0.1, 0.15) is 34.0 Å². The molecule has 0 radical (unpaired) electrons. The lowest BCUT2D eigenvalue weighted by Gasteiger charge is -2.16. The van der Waals surface area contributed by atoms with Crippen LogP contribution >= 0.6 is 15.9 Å². The van der Waals surface area contributed by atoms with E-state index in [0.717, 1.165) is 27.7 Å². The van der Waals surface area contributed by atoms with Gasteiger partial charge in [-0.15, -0.1) is 0 Å². The van der Waals surface area contributed by atoms with Gasteiger partial charge >= 0.3 is 11.3 Å². The second-order valence-corrected chi connectivity index (χ2v) is 8.83. The molecule has 4 rings (SSSR count). The number of benzene rings is 2.